The predicted molar refractivity (Wildman–Crippen MR) is 80.7 cm³/mol. The van der Waals surface area contributed by atoms with Crippen molar-refractivity contribution >= 4 is 17.6 Å². The number of benzene rings is 1. The van der Waals surface area contributed by atoms with Crippen LogP contribution in [0, 0.1) is 10.1 Å². The highest BCUT2D eigenvalue weighted by molar-refractivity contribution is 5.95. The summed E-state index contributed by atoms with van der Waals surface area (Å²) in [6.45, 7) is 3.30. The van der Waals surface area contributed by atoms with Crippen LogP contribution in [0.5, 0.6) is 0 Å². The van der Waals surface area contributed by atoms with Gasteiger partial charge in [0.2, 0.25) is 0 Å². The molecule has 1 unspecified atom stereocenters. The molecule has 0 radical (unpaired) electrons. The summed E-state index contributed by atoms with van der Waals surface area (Å²) in [4.78, 5) is 33.8. The number of rotatable bonds is 4. The predicted octanol–water partition coefficient (Wildman–Crippen LogP) is 0.654. The first-order valence-corrected chi connectivity index (χ1v) is 7.47. The summed E-state index contributed by atoms with van der Waals surface area (Å²) in [5.41, 5.74) is -0.00475. The van der Waals surface area contributed by atoms with Gasteiger partial charge in [-0.2, -0.15) is 0 Å². The number of non-ortho nitro benzene ring substituents is 1. The fourth-order valence-electron chi connectivity index (χ4n) is 2.85. The van der Waals surface area contributed by atoms with Crippen molar-refractivity contribution in [1.82, 2.24) is 5.32 Å². The van der Waals surface area contributed by atoms with E-state index in [1.54, 1.807) is 13.8 Å². The number of nitrogens with zero attached hydrogens (tertiary/aromatic N) is 1. The van der Waals surface area contributed by atoms with Gasteiger partial charge in [0.05, 0.1) is 11.0 Å². The summed E-state index contributed by atoms with van der Waals surface area (Å²) in [5.74, 6) is -2.81. The highest BCUT2D eigenvalue weighted by atomic mass is 16.8. The second-order valence-electron chi connectivity index (χ2n) is 6.17. The van der Waals surface area contributed by atoms with Crippen LogP contribution in [0.4, 0.5) is 5.69 Å². The number of fused-ring (bicyclic) bond motifs is 1. The van der Waals surface area contributed by atoms with Gasteiger partial charge in [-0.05, 0) is 26.0 Å². The molecule has 25 heavy (non-hydrogen) atoms. The second kappa shape index (κ2) is 6.06. The number of aliphatic carboxylic acids is 1. The number of carboxylic acids is 1. The van der Waals surface area contributed by atoms with Crippen molar-refractivity contribution in [2.24, 2.45) is 0 Å². The Morgan fingerprint density at radius 3 is 2.44 bits per heavy atom. The van der Waals surface area contributed by atoms with Gasteiger partial charge in [-0.1, -0.05) is 0 Å². The van der Waals surface area contributed by atoms with Crippen molar-refractivity contribution in [3.05, 3.63) is 39.9 Å². The van der Waals surface area contributed by atoms with Crippen LogP contribution < -0.4 is 5.32 Å². The molecule has 2 aliphatic heterocycles. The van der Waals surface area contributed by atoms with Crippen molar-refractivity contribution in [2.75, 3.05) is 0 Å². The minimum atomic E-state index is -1.33. The van der Waals surface area contributed by atoms with Gasteiger partial charge in [0.15, 0.2) is 18.2 Å². The van der Waals surface area contributed by atoms with Crippen LogP contribution >= 0.6 is 0 Å². The third kappa shape index (κ3) is 3.31. The summed E-state index contributed by atoms with van der Waals surface area (Å²) in [6.07, 6.45) is -3.01. The molecule has 1 amide bonds. The van der Waals surface area contributed by atoms with Gasteiger partial charge in [0.1, 0.15) is 6.10 Å². The summed E-state index contributed by atoms with van der Waals surface area (Å²) in [5, 5.41) is 22.5. The lowest BCUT2D eigenvalue weighted by atomic mass is 10.1. The average molecular weight is 352 g/mol. The summed E-state index contributed by atoms with van der Waals surface area (Å²) >= 11 is 0. The molecule has 0 saturated carbocycles. The molecular weight excluding hydrogens is 336 g/mol. The zero-order chi connectivity index (χ0) is 18.4. The van der Waals surface area contributed by atoms with E-state index >= 15 is 0 Å². The van der Waals surface area contributed by atoms with Gasteiger partial charge >= 0.3 is 5.97 Å². The van der Waals surface area contributed by atoms with E-state index in [-0.39, 0.29) is 11.3 Å². The molecule has 2 saturated heterocycles. The van der Waals surface area contributed by atoms with Crippen LogP contribution in [-0.4, -0.2) is 52.2 Å². The third-order valence-corrected chi connectivity index (χ3v) is 3.93. The molecule has 2 aliphatic rings. The highest BCUT2D eigenvalue weighted by Crippen LogP contribution is 2.37. The van der Waals surface area contributed by atoms with E-state index < -0.39 is 47.1 Å². The Kier molecular flexibility index (Phi) is 4.19. The number of nitro groups is 1. The number of carboxylic acid groups (broad SMARTS) is 1. The number of hydrogen-bond donors (Lipinski definition) is 2. The normalized spacial score (nSPS) is 29.8. The number of ether oxygens (including phenoxy) is 3. The fourth-order valence-corrected chi connectivity index (χ4v) is 2.85. The molecule has 2 heterocycles. The van der Waals surface area contributed by atoms with Crippen molar-refractivity contribution < 1.29 is 33.8 Å². The second-order valence-corrected chi connectivity index (χ2v) is 6.17. The number of nitro benzene ring substituents is 1. The Balaban J connectivity index is 1.77. The number of nitrogens with one attached hydrogen (secondary N) is 1. The van der Waals surface area contributed by atoms with Crippen LogP contribution in [0.3, 0.4) is 0 Å². The molecule has 4 atom stereocenters. The average Bonchev–Trinajstić information content (AvgIpc) is 3.00. The maximum absolute atomic E-state index is 12.4. The molecule has 2 N–H and O–H groups in total. The van der Waals surface area contributed by atoms with E-state index in [9.17, 15) is 24.8 Å². The Morgan fingerprint density at radius 1 is 1.24 bits per heavy atom. The van der Waals surface area contributed by atoms with Crippen molar-refractivity contribution in [1.29, 1.82) is 0 Å². The molecule has 0 aliphatic carbocycles. The summed E-state index contributed by atoms with van der Waals surface area (Å²) in [7, 11) is 0. The molecule has 10 heteroatoms. The molecule has 1 aromatic carbocycles. The van der Waals surface area contributed by atoms with E-state index in [2.05, 4.69) is 5.32 Å². The van der Waals surface area contributed by atoms with Crippen LogP contribution in [0.1, 0.15) is 24.2 Å². The van der Waals surface area contributed by atoms with Gasteiger partial charge in [0.25, 0.3) is 11.6 Å². The fraction of sp³-hybridized carbons (Fsp3) is 0.467. The monoisotopic (exact) mass is 352 g/mol. The maximum Gasteiger partial charge on any atom is 0.335 e. The standard InChI is InChI=1S/C15H16N2O8/c1-15(2)24-11-9(10(13(19)20)23-14(11)25-15)16-12(18)7-3-5-8(6-4-7)17(21)22/h3-6,9-11,14H,1-2H3,(H,16,18)(H,19,20)/t9-,10+,11-,14?/m1/s1. The van der Waals surface area contributed by atoms with Gasteiger partial charge < -0.3 is 24.6 Å². The molecule has 0 spiro atoms. The first-order chi connectivity index (χ1) is 11.7. The SMILES string of the molecule is CC1(C)OC2O[C@H](C(=O)O)[C@@H](NC(=O)c3ccc([N+](=O)[O-])cc3)[C@H]2O1. The highest BCUT2D eigenvalue weighted by Gasteiger charge is 2.57. The largest absolute Gasteiger partial charge is 0.479 e. The zero-order valence-corrected chi connectivity index (χ0v) is 13.4. The van der Waals surface area contributed by atoms with Crippen LogP contribution in [0.25, 0.3) is 0 Å². The molecule has 1 aromatic rings. The first kappa shape index (κ1) is 17.3. The minimum absolute atomic E-state index is 0.149. The molecule has 3 rings (SSSR count). The number of carbonyl (C=O) groups excluding carboxylic acids is 1. The topological polar surface area (TPSA) is 137 Å². The number of amides is 1. The molecule has 134 valence electrons. The molecule has 2 fully saturated rings. The molecule has 10 nitrogen and oxygen atoms in total. The lowest BCUT2D eigenvalue weighted by molar-refractivity contribution is -0.384. The van der Waals surface area contributed by atoms with Crippen molar-refractivity contribution in [3.8, 4) is 0 Å². The van der Waals surface area contributed by atoms with Gasteiger partial charge in [-0.3, -0.25) is 14.9 Å². The van der Waals surface area contributed by atoms with E-state index in [1.165, 1.54) is 24.3 Å². The smallest absolute Gasteiger partial charge is 0.335 e. The Hall–Kier alpha value is -2.56. The first-order valence-electron chi connectivity index (χ1n) is 7.47. The van der Waals surface area contributed by atoms with E-state index in [4.69, 9.17) is 14.2 Å². The lowest BCUT2D eigenvalue weighted by Gasteiger charge is -2.24. The minimum Gasteiger partial charge on any atom is -0.479 e. The quantitative estimate of drug-likeness (QED) is 0.595. The van der Waals surface area contributed by atoms with Gasteiger partial charge in [-0.25, -0.2) is 4.79 Å². The van der Waals surface area contributed by atoms with Crippen LogP contribution in [0.2, 0.25) is 0 Å². The lowest BCUT2D eigenvalue weighted by Crippen LogP contribution is -2.50. The van der Waals surface area contributed by atoms with Gasteiger partial charge in [0, 0.05) is 17.7 Å². The molecule has 0 bridgehead atoms. The van der Waals surface area contributed by atoms with Crippen LogP contribution in [0.15, 0.2) is 24.3 Å². The molecule has 0 aromatic heterocycles. The van der Waals surface area contributed by atoms with Crippen molar-refractivity contribution in [3.63, 3.8) is 0 Å². The van der Waals surface area contributed by atoms with E-state index in [0.717, 1.165) is 0 Å². The number of hydrogen-bond acceptors (Lipinski definition) is 7. The third-order valence-electron chi connectivity index (χ3n) is 3.93. The molecular formula is C15H16N2O8. The maximum atomic E-state index is 12.4. The summed E-state index contributed by atoms with van der Waals surface area (Å²) < 4.78 is 16.4. The van der Waals surface area contributed by atoms with E-state index in [0.29, 0.717) is 0 Å². The van der Waals surface area contributed by atoms with Gasteiger partial charge in [-0.15, -0.1) is 0 Å². The summed E-state index contributed by atoms with van der Waals surface area (Å²) in [6, 6.07) is 3.98. The van der Waals surface area contributed by atoms with E-state index in [1.807, 2.05) is 0 Å². The Bertz CT molecular complexity index is 717. The van der Waals surface area contributed by atoms with Crippen LogP contribution in [-0.2, 0) is 19.0 Å². The zero-order valence-electron chi connectivity index (χ0n) is 13.4. The Morgan fingerprint density at radius 2 is 1.88 bits per heavy atom. The Labute approximate surface area is 141 Å². The number of carbonyl (C=O) groups is 2. The van der Waals surface area contributed by atoms with Crippen molar-refractivity contribution in [2.45, 2.75) is 44.2 Å².